The number of benzene rings is 2. The zero-order valence-electron chi connectivity index (χ0n) is 18.7. The molecule has 0 saturated carbocycles. The highest BCUT2D eigenvalue weighted by atomic mass is 16.5. The van der Waals surface area contributed by atoms with E-state index in [-0.39, 0.29) is 42.1 Å². The van der Waals surface area contributed by atoms with Crippen molar-refractivity contribution in [3.63, 3.8) is 0 Å². The number of aromatic amines is 1. The Morgan fingerprint density at radius 3 is 2.64 bits per heavy atom. The Morgan fingerprint density at radius 1 is 1.18 bits per heavy atom. The number of amides is 1. The molecule has 8 nitrogen and oxygen atoms in total. The summed E-state index contributed by atoms with van der Waals surface area (Å²) in [5.41, 5.74) is 1.64. The molecule has 1 aromatic heterocycles. The maximum Gasteiger partial charge on any atom is 0.295 e. The molecule has 1 unspecified atom stereocenters. The van der Waals surface area contributed by atoms with Crippen molar-refractivity contribution in [1.29, 1.82) is 0 Å². The second kappa shape index (κ2) is 8.99. The largest absolute Gasteiger partial charge is 0.507 e. The molecule has 8 heteroatoms. The summed E-state index contributed by atoms with van der Waals surface area (Å²) in [6.45, 7) is 4.12. The van der Waals surface area contributed by atoms with Crippen LogP contribution in [-0.4, -0.2) is 58.2 Å². The van der Waals surface area contributed by atoms with Gasteiger partial charge in [-0.25, -0.2) is 0 Å². The van der Waals surface area contributed by atoms with Gasteiger partial charge in [-0.05, 0) is 37.6 Å². The van der Waals surface area contributed by atoms with Crippen molar-refractivity contribution in [2.45, 2.75) is 26.0 Å². The summed E-state index contributed by atoms with van der Waals surface area (Å²) in [5, 5.41) is 22.3. The second-order valence-corrected chi connectivity index (χ2v) is 8.09. The highest BCUT2D eigenvalue weighted by molar-refractivity contribution is 6.46. The lowest BCUT2D eigenvalue weighted by molar-refractivity contribution is -0.140. The quantitative estimate of drug-likeness (QED) is 0.287. The first kappa shape index (κ1) is 22.4. The fourth-order valence-corrected chi connectivity index (χ4v) is 4.13. The smallest absolute Gasteiger partial charge is 0.295 e. The second-order valence-electron chi connectivity index (χ2n) is 8.09. The lowest BCUT2D eigenvalue weighted by Crippen LogP contribution is -2.33. The van der Waals surface area contributed by atoms with Gasteiger partial charge in [0.05, 0.1) is 31.4 Å². The molecule has 0 bridgehead atoms. The summed E-state index contributed by atoms with van der Waals surface area (Å²) in [5.74, 6) is -1.67. The number of aromatic nitrogens is 1. The lowest BCUT2D eigenvalue weighted by Gasteiger charge is -2.26. The summed E-state index contributed by atoms with van der Waals surface area (Å²) in [6, 6.07) is 11.1. The number of likely N-dealkylation sites (tertiary alicyclic amines) is 1. The molecule has 1 atom stereocenters. The van der Waals surface area contributed by atoms with Crippen LogP contribution in [-0.2, 0) is 14.3 Å². The Kier molecular flexibility index (Phi) is 6.11. The normalized spacial score (nSPS) is 17.9. The standard InChI is InChI=1S/C25H26N2O6/c1-14(2)33-11-10-27-22(15-8-9-20(32-3)19(28)12-15)21(24(30)25(27)31)23(29)17-13-26-18-7-5-4-6-16(17)18/h4-9,12-14,22,26,28-29H,10-11H2,1-3H3/b23-21-. The van der Waals surface area contributed by atoms with Crippen LogP contribution in [0.2, 0.25) is 0 Å². The highest BCUT2D eigenvalue weighted by Gasteiger charge is 2.46. The molecule has 0 radical (unpaired) electrons. The minimum atomic E-state index is -0.897. The maximum absolute atomic E-state index is 13.1. The van der Waals surface area contributed by atoms with Crippen LogP contribution >= 0.6 is 0 Å². The number of aliphatic hydroxyl groups is 1. The van der Waals surface area contributed by atoms with Gasteiger partial charge in [0.25, 0.3) is 11.7 Å². The molecule has 33 heavy (non-hydrogen) atoms. The number of aliphatic hydroxyl groups excluding tert-OH is 1. The van der Waals surface area contributed by atoms with Gasteiger partial charge in [-0.2, -0.15) is 0 Å². The molecule has 4 rings (SSSR count). The summed E-state index contributed by atoms with van der Waals surface area (Å²) in [7, 11) is 1.43. The number of para-hydroxylation sites is 1. The van der Waals surface area contributed by atoms with Crippen molar-refractivity contribution in [1.82, 2.24) is 9.88 Å². The Labute approximate surface area is 191 Å². The topological polar surface area (TPSA) is 112 Å². The van der Waals surface area contributed by atoms with Crippen molar-refractivity contribution in [2.75, 3.05) is 20.3 Å². The molecule has 0 spiro atoms. The molecular weight excluding hydrogens is 424 g/mol. The number of nitrogens with zero attached hydrogens (tertiary/aromatic N) is 1. The number of Topliss-reactive ketones (excluding diaryl/α,β-unsaturated/α-hetero) is 1. The number of aromatic hydroxyl groups is 1. The molecule has 1 aliphatic rings. The predicted molar refractivity (Wildman–Crippen MR) is 123 cm³/mol. The number of phenolic OH excluding ortho intramolecular Hbond substituents is 1. The number of carbonyl (C=O) groups is 2. The Bertz CT molecular complexity index is 1240. The summed E-state index contributed by atoms with van der Waals surface area (Å²) in [6.07, 6.45) is 1.56. The molecule has 1 saturated heterocycles. The van der Waals surface area contributed by atoms with Crippen molar-refractivity contribution < 1.29 is 29.3 Å². The van der Waals surface area contributed by atoms with E-state index in [1.165, 1.54) is 18.1 Å². The Hall–Kier alpha value is -3.78. The van der Waals surface area contributed by atoms with Crippen LogP contribution in [0.1, 0.15) is 31.0 Å². The third kappa shape index (κ3) is 4.05. The number of fused-ring (bicyclic) bond motifs is 1. The fraction of sp³-hybridized carbons (Fsp3) is 0.280. The number of phenols is 1. The number of H-pyrrole nitrogens is 1. The summed E-state index contributed by atoms with van der Waals surface area (Å²) >= 11 is 0. The molecule has 172 valence electrons. The van der Waals surface area contributed by atoms with Crippen LogP contribution in [0.5, 0.6) is 11.5 Å². The summed E-state index contributed by atoms with van der Waals surface area (Å²) < 4.78 is 10.7. The zero-order valence-corrected chi connectivity index (χ0v) is 18.7. The van der Waals surface area contributed by atoms with Gasteiger partial charge in [-0.3, -0.25) is 9.59 Å². The minimum absolute atomic E-state index is 0.0427. The SMILES string of the molecule is COc1ccc(C2/C(=C(/O)c3c[nH]c4ccccc34)C(=O)C(=O)N2CCOC(C)C)cc1O. The van der Waals surface area contributed by atoms with Crippen LogP contribution in [0.15, 0.2) is 54.2 Å². The van der Waals surface area contributed by atoms with Gasteiger partial charge in [0, 0.05) is 29.2 Å². The lowest BCUT2D eigenvalue weighted by atomic mass is 9.95. The number of ether oxygens (including phenoxy) is 2. The number of methoxy groups -OCH3 is 1. The molecular formula is C25H26N2O6. The molecule has 0 aliphatic carbocycles. The van der Waals surface area contributed by atoms with Crippen LogP contribution in [0.25, 0.3) is 16.7 Å². The monoisotopic (exact) mass is 450 g/mol. The third-order valence-electron chi connectivity index (χ3n) is 5.69. The van der Waals surface area contributed by atoms with Crippen molar-refractivity contribution >= 4 is 28.4 Å². The van der Waals surface area contributed by atoms with E-state index in [2.05, 4.69) is 4.98 Å². The molecule has 1 amide bonds. The van der Waals surface area contributed by atoms with Crippen LogP contribution in [0.3, 0.4) is 0 Å². The van der Waals surface area contributed by atoms with Gasteiger partial charge in [0.1, 0.15) is 5.76 Å². The van der Waals surface area contributed by atoms with Crippen LogP contribution in [0, 0.1) is 0 Å². The minimum Gasteiger partial charge on any atom is -0.507 e. The zero-order chi connectivity index (χ0) is 23.7. The number of nitrogens with one attached hydrogen (secondary N) is 1. The van der Waals surface area contributed by atoms with Gasteiger partial charge in [0.15, 0.2) is 11.5 Å². The molecule has 1 fully saturated rings. The van der Waals surface area contributed by atoms with Crippen molar-refractivity contribution in [2.24, 2.45) is 0 Å². The number of hydrogen-bond donors (Lipinski definition) is 3. The van der Waals surface area contributed by atoms with Gasteiger partial charge in [-0.15, -0.1) is 0 Å². The first-order chi connectivity index (χ1) is 15.8. The van der Waals surface area contributed by atoms with Crippen molar-refractivity contribution in [3.8, 4) is 11.5 Å². The van der Waals surface area contributed by atoms with E-state index in [1.54, 1.807) is 18.3 Å². The maximum atomic E-state index is 13.1. The molecule has 2 heterocycles. The molecule has 2 aromatic carbocycles. The number of ketones is 1. The molecule has 1 aliphatic heterocycles. The van der Waals surface area contributed by atoms with Gasteiger partial charge < -0.3 is 29.6 Å². The number of carbonyl (C=O) groups excluding carboxylic acids is 2. The molecule has 3 aromatic rings. The van der Waals surface area contributed by atoms with E-state index in [9.17, 15) is 19.8 Å². The van der Waals surface area contributed by atoms with Gasteiger partial charge >= 0.3 is 0 Å². The Balaban J connectivity index is 1.86. The average Bonchev–Trinajstić information content (AvgIpc) is 3.33. The van der Waals surface area contributed by atoms with Crippen LogP contribution in [0.4, 0.5) is 0 Å². The first-order valence-electron chi connectivity index (χ1n) is 10.7. The Morgan fingerprint density at radius 2 is 1.94 bits per heavy atom. The van der Waals surface area contributed by atoms with E-state index in [0.717, 1.165) is 10.9 Å². The van der Waals surface area contributed by atoms with E-state index < -0.39 is 17.7 Å². The van der Waals surface area contributed by atoms with Crippen LogP contribution < -0.4 is 4.74 Å². The van der Waals surface area contributed by atoms with E-state index in [0.29, 0.717) is 11.1 Å². The van der Waals surface area contributed by atoms with Gasteiger partial charge in [0.2, 0.25) is 0 Å². The fourth-order valence-electron chi connectivity index (χ4n) is 4.13. The third-order valence-corrected chi connectivity index (χ3v) is 5.69. The number of rotatable bonds is 7. The summed E-state index contributed by atoms with van der Waals surface area (Å²) in [4.78, 5) is 30.6. The molecule has 3 N–H and O–H groups in total. The van der Waals surface area contributed by atoms with Crippen molar-refractivity contribution in [3.05, 3.63) is 65.4 Å². The van der Waals surface area contributed by atoms with E-state index in [4.69, 9.17) is 9.47 Å². The van der Waals surface area contributed by atoms with E-state index in [1.807, 2.05) is 38.1 Å². The number of hydrogen-bond acceptors (Lipinski definition) is 6. The predicted octanol–water partition coefficient (Wildman–Crippen LogP) is 3.73. The van der Waals surface area contributed by atoms with Gasteiger partial charge in [-0.1, -0.05) is 24.3 Å². The first-order valence-corrected chi connectivity index (χ1v) is 10.7. The highest BCUT2D eigenvalue weighted by Crippen LogP contribution is 2.42. The average molecular weight is 450 g/mol. The van der Waals surface area contributed by atoms with E-state index >= 15 is 0 Å².